The van der Waals surface area contributed by atoms with Gasteiger partial charge < -0.3 is 30.9 Å². The van der Waals surface area contributed by atoms with Crippen LogP contribution < -0.4 is 27.0 Å². The van der Waals surface area contributed by atoms with Gasteiger partial charge in [0, 0.05) is 85.4 Å². The van der Waals surface area contributed by atoms with Crippen LogP contribution in [0.25, 0.3) is 0 Å². The number of alkyl halides is 15. The van der Waals surface area contributed by atoms with Gasteiger partial charge >= 0.3 is 49.6 Å². The number of para-hydroxylation sites is 2. The number of anilines is 2. The molecule has 0 spiro atoms. The van der Waals surface area contributed by atoms with E-state index < -0.39 is 93.0 Å². The Kier molecular flexibility index (Phi) is 34.3. The number of carbonyl (C=O) groups is 6. The van der Waals surface area contributed by atoms with Crippen molar-refractivity contribution in [1.82, 2.24) is 19.7 Å². The third-order valence-electron chi connectivity index (χ3n) is 33.7. The number of carboxylic acids is 1. The second-order valence-electron chi connectivity index (χ2n) is 40.5. The summed E-state index contributed by atoms with van der Waals surface area (Å²) in [5.41, 5.74) is -9.03. The second kappa shape index (κ2) is 42.7. The quantitative estimate of drug-likeness (QED) is 0.0180. The smallest absolute Gasteiger partial charge is 0.481 e. The predicted octanol–water partition coefficient (Wildman–Crippen LogP) is 21.2. The Balaban J connectivity index is 0.000000163. The number of pyridine rings is 1. The number of nitrogens with two attached hydrogens (primary N) is 1. The van der Waals surface area contributed by atoms with Crippen molar-refractivity contribution >= 4 is 102 Å². The molecule has 18 rings (SSSR count). The van der Waals surface area contributed by atoms with E-state index in [0.29, 0.717) is 60.7 Å². The number of rotatable bonds is 8. The first-order valence-corrected chi connectivity index (χ1v) is 51.3. The summed E-state index contributed by atoms with van der Waals surface area (Å²) in [6.07, 6.45) is 6.29. The number of carboxylic acid groups (broad SMARTS) is 1. The minimum atomic E-state index is -5.84. The van der Waals surface area contributed by atoms with Gasteiger partial charge in [-0.1, -0.05) is 163 Å². The Morgan fingerprint density at radius 1 is 0.420 bits per heavy atom. The monoisotopic (exact) mass is 2120 g/mol. The van der Waals surface area contributed by atoms with Crippen LogP contribution >= 0.6 is 19.7 Å². The van der Waals surface area contributed by atoms with E-state index in [2.05, 4.69) is 143 Å². The minimum absolute atomic E-state index is 0. The second-order valence-corrected chi connectivity index (χ2v) is 46.6. The molecule has 6 N–H and O–H groups in total. The number of aliphatic carboxylic acids is 1. The summed E-state index contributed by atoms with van der Waals surface area (Å²) in [7, 11) is -6.85. The summed E-state index contributed by atoms with van der Waals surface area (Å²) in [6, 6.07) is 48.4. The number of piperidine rings is 3. The van der Waals surface area contributed by atoms with Crippen LogP contribution in [0.15, 0.2) is 169 Å². The van der Waals surface area contributed by atoms with Crippen molar-refractivity contribution in [3.05, 3.63) is 175 Å². The maximum absolute atomic E-state index is 14.7. The Hall–Kier alpha value is -7.64. The van der Waals surface area contributed by atoms with Gasteiger partial charge in [-0.15, -0.1) is 0 Å². The molecule has 9 saturated carbocycles. The molecule has 9 aliphatic carbocycles. The number of hydrogen-bond acceptors (Lipinski definition) is 13. The van der Waals surface area contributed by atoms with Crippen LogP contribution in [-0.4, -0.2) is 154 Å². The molecule has 19 nitrogen and oxygen atoms in total. The maximum Gasteiger partial charge on any atom is 0.522 e. The summed E-state index contributed by atoms with van der Waals surface area (Å²) in [4.78, 5) is 84.4. The topological polar surface area (TPSA) is 292 Å². The molecule has 0 bridgehead atoms. The Morgan fingerprint density at radius 3 is 1.05 bits per heavy atom. The number of nitrogens with zero attached hydrogens (tertiary/aromatic N) is 4. The third-order valence-corrected chi connectivity index (χ3v) is 38.2. The normalized spacial score (nSPS) is 33.9. The average molecular weight is 2120 g/mol. The molecule has 24 atom stereocenters. The van der Waals surface area contributed by atoms with E-state index in [4.69, 9.17) is 31.7 Å². The van der Waals surface area contributed by atoms with E-state index in [9.17, 15) is 99.7 Å². The van der Waals surface area contributed by atoms with Crippen molar-refractivity contribution in [3.8, 4) is 0 Å². The van der Waals surface area contributed by atoms with Crippen LogP contribution in [0.1, 0.15) is 188 Å². The van der Waals surface area contributed by atoms with Crippen LogP contribution in [0, 0.1) is 104 Å². The van der Waals surface area contributed by atoms with Crippen LogP contribution in [0.3, 0.4) is 0 Å². The van der Waals surface area contributed by atoms with Crippen molar-refractivity contribution in [2.45, 2.75) is 241 Å². The summed E-state index contributed by atoms with van der Waals surface area (Å²) < 4.78 is 235. The molecular weight excluding hydrogens is 2000 g/mol. The standard InChI is InChI=1S/C27H34F4N2O2.C25H33FN2O2S.C20H30FNO3.C18H15P.C7H6F3N.2CHF3O3S.Ag/c1-25-13-12-17-15(8-11-22-26(17,2)14-20(28)24(35)33(22)3)16(25)9-10-19(25)23(34)32-21-7-5-4-6-18(21)27(29,30)31;1-24-12-11-17-15(7-10-20-25(17,2)14-19(26)22(29)28(20)3)16(24)8-9-18(24)23(30)31-21-6-4-5-13-27-21;1-19-9-8-13-11(12(19)5-6-14(19)18(24)25)4-7-16-20(13,2)10-15(21)17(23)22(16)3;1-4-10-16(11-5-1)19(17-12-6-2-7-13-17)18-14-8-3-9-15-18;8-7(9,10)5-3-1-2-4-6(5)11;2*2-1(3,4)8(5,6)7;/h4-7,15-17,19-20,22H,8-14H2,1-3H3,(H,32,34);4-6,13,15-20H,7-12,14H2,1-3H3;11-16H,4-10H2,1-3H3,(H,24,25);1-15H;1-4H,11H2;2*(H,5,6,7);/t15?,16-,17?,19+,20+,22+,25-,26+;15?,16-,17?,18+,19+,20+,24-,25+;11?,12-,13?,14+,15+,16+,19-,20+;;;;;/m000...../s1. The summed E-state index contributed by atoms with van der Waals surface area (Å²) >= 11 is 1.30. The van der Waals surface area contributed by atoms with Gasteiger partial charge in [-0.25, -0.2) is 18.2 Å². The SMILES string of the molecule is CN1C(=O)[C@H](F)C[C@]2(C)C3CC[C@]4(C)[C@@H](C(=O)Nc5ccccc5C(F)(F)F)CC[C@H]4C3CC[C@@H]12.CN1C(=O)[C@H](F)C[C@]2(C)C3CC[C@]4(C)[C@@H](C(=O)O)CC[C@H]4C3CC[C@@H]12.CN1C(=O)[C@H](F)C[C@]2(C)C3CC[C@]4(C)[C@@H](C(=O)Sc5ccccn5)CC[C@H]4C3CC[C@@H]12.Nc1ccccc1C(F)(F)F.O=S(=O)(O)C(F)(F)F.O=S(=O)(O)C(F)(F)F.[Ag].c1ccc(P(c2ccccc2)c2ccccc2)cc1. The van der Waals surface area contributed by atoms with Gasteiger partial charge in [-0.3, -0.25) is 37.9 Å². The van der Waals surface area contributed by atoms with Gasteiger partial charge in [-0.05, 0) is 293 Å². The van der Waals surface area contributed by atoms with Crippen LogP contribution in [-0.2, 0) is 83.7 Å². The van der Waals surface area contributed by atoms with Gasteiger partial charge in [-0.2, -0.15) is 69.5 Å². The fourth-order valence-electron chi connectivity index (χ4n) is 27.4. The average Bonchev–Trinajstić information content (AvgIpc) is 1.40. The molecule has 12 fully saturated rings. The molecule has 5 aromatic carbocycles. The number of amides is 4. The molecule has 763 valence electrons. The maximum atomic E-state index is 14.7. The largest absolute Gasteiger partial charge is 0.522 e. The van der Waals surface area contributed by atoms with Crippen LogP contribution in [0.5, 0.6) is 0 Å². The zero-order valence-electron chi connectivity index (χ0n) is 77.8. The Morgan fingerprint density at radius 2 is 0.725 bits per heavy atom. The number of nitrogens with one attached hydrogen (secondary N) is 1. The van der Waals surface area contributed by atoms with Crippen molar-refractivity contribution in [2.24, 2.45) is 104 Å². The van der Waals surface area contributed by atoms with Gasteiger partial charge in [0.25, 0.3) is 17.7 Å². The van der Waals surface area contributed by atoms with E-state index in [0.717, 1.165) is 126 Å². The summed E-state index contributed by atoms with van der Waals surface area (Å²) in [5, 5.41) is 17.5. The number of hydrogen-bond donors (Lipinski definition) is 5. The molecule has 6 unspecified atom stereocenters. The van der Waals surface area contributed by atoms with E-state index >= 15 is 0 Å². The molecule has 3 aliphatic heterocycles. The van der Waals surface area contributed by atoms with E-state index in [1.54, 1.807) is 42.0 Å². The Bertz CT molecular complexity index is 5390. The Labute approximate surface area is 816 Å². The molecular formula is C99H120AgF15N6O13PS3. The molecule has 4 amide bonds. The number of carbonyl (C=O) groups excluding carboxylic acids is 5. The van der Waals surface area contributed by atoms with Crippen molar-refractivity contribution in [1.29, 1.82) is 0 Å². The molecule has 3 saturated heterocycles. The molecule has 12 aliphatic rings. The summed E-state index contributed by atoms with van der Waals surface area (Å²) in [5.74, 6) is 1.11. The molecule has 138 heavy (non-hydrogen) atoms. The zero-order chi connectivity index (χ0) is 101. The summed E-state index contributed by atoms with van der Waals surface area (Å²) in [6.45, 7) is 13.2. The minimum Gasteiger partial charge on any atom is -0.481 e. The van der Waals surface area contributed by atoms with Gasteiger partial charge in [0.15, 0.2) is 23.6 Å². The van der Waals surface area contributed by atoms with Crippen LogP contribution in [0.2, 0.25) is 0 Å². The molecule has 1 aromatic heterocycles. The van der Waals surface area contributed by atoms with Crippen LogP contribution in [0.4, 0.5) is 77.2 Å². The van der Waals surface area contributed by atoms with E-state index in [-0.39, 0.29) is 143 Å². The number of thioether (sulfide) groups is 1. The zero-order valence-corrected chi connectivity index (χ0v) is 82.6. The predicted molar refractivity (Wildman–Crippen MR) is 491 cm³/mol. The first-order chi connectivity index (χ1) is 63.8. The van der Waals surface area contributed by atoms with Crippen molar-refractivity contribution < 1.29 is 148 Å². The van der Waals surface area contributed by atoms with Crippen molar-refractivity contribution in [2.75, 3.05) is 32.2 Å². The number of fused-ring (bicyclic) bond motifs is 15. The third kappa shape index (κ3) is 22.6. The van der Waals surface area contributed by atoms with Crippen molar-refractivity contribution in [3.63, 3.8) is 0 Å². The first kappa shape index (κ1) is 111. The molecule has 4 heterocycles. The fourth-order valence-corrected chi connectivity index (χ4v) is 30.7. The number of likely N-dealkylation sites (tertiary alicyclic amines) is 3. The number of nitrogen functional groups attached to an aromatic ring is 1. The number of halogens is 15. The van der Waals surface area contributed by atoms with Gasteiger partial charge in [0.05, 0.1) is 22.7 Å². The number of aromatic nitrogens is 1. The molecule has 39 heteroatoms. The van der Waals surface area contributed by atoms with E-state index in [1.165, 1.54) is 64.1 Å². The molecule has 1 radical (unpaired) electrons. The molecule has 6 aromatic rings. The van der Waals surface area contributed by atoms with Gasteiger partial charge in [0.1, 0.15) is 5.03 Å². The van der Waals surface area contributed by atoms with E-state index in [1.807, 2.05) is 18.2 Å². The fraction of sp³-hybridized carbons (Fsp3) is 0.586. The number of benzene rings is 5. The first-order valence-electron chi connectivity index (χ1n) is 46.3. The van der Waals surface area contributed by atoms with Gasteiger partial charge in [0.2, 0.25) is 5.91 Å².